The Morgan fingerprint density at radius 2 is 2.09 bits per heavy atom. The van der Waals surface area contributed by atoms with Crippen molar-refractivity contribution in [1.29, 1.82) is 0 Å². The Kier molecular flexibility index (Phi) is 7.20. The summed E-state index contributed by atoms with van der Waals surface area (Å²) in [5.74, 6) is -0.577. The van der Waals surface area contributed by atoms with Crippen molar-refractivity contribution in [3.8, 4) is 5.88 Å². The van der Waals surface area contributed by atoms with Gasteiger partial charge in [-0.15, -0.1) is 0 Å². The molecule has 1 fully saturated rings. The molecule has 1 saturated heterocycles. The lowest BCUT2D eigenvalue weighted by molar-refractivity contribution is -0.128. The number of hydrogen-bond donors (Lipinski definition) is 2. The number of aliphatic hydroxyl groups is 1. The van der Waals surface area contributed by atoms with E-state index in [4.69, 9.17) is 16.3 Å². The second-order valence-electron chi connectivity index (χ2n) is 8.76. The summed E-state index contributed by atoms with van der Waals surface area (Å²) < 4.78 is 33.6. The van der Waals surface area contributed by atoms with Crippen molar-refractivity contribution in [3.05, 3.63) is 41.6 Å². The number of rotatable bonds is 6. The molecule has 0 saturated carbocycles. The molecule has 0 spiro atoms. The van der Waals surface area contributed by atoms with Gasteiger partial charge in [-0.1, -0.05) is 24.6 Å². The Balaban J connectivity index is 1.59. The zero-order valence-electron chi connectivity index (χ0n) is 19.3. The molecule has 2 aliphatic heterocycles. The summed E-state index contributed by atoms with van der Waals surface area (Å²) in [6.45, 7) is 3.92. The fourth-order valence-electron chi connectivity index (χ4n) is 4.29. The van der Waals surface area contributed by atoms with Crippen LogP contribution in [0.5, 0.6) is 5.88 Å². The molecule has 0 bridgehead atoms. The molecule has 1 unspecified atom stereocenters. The topological polar surface area (TPSA) is 129 Å². The van der Waals surface area contributed by atoms with Gasteiger partial charge in [0, 0.05) is 31.0 Å². The van der Waals surface area contributed by atoms with Gasteiger partial charge in [0.2, 0.25) is 17.7 Å². The number of likely N-dealkylation sites (tertiary alicyclic amines) is 1. The third-order valence-corrected chi connectivity index (χ3v) is 8.41. The summed E-state index contributed by atoms with van der Waals surface area (Å²) in [5, 5.41) is 12.7. The molecule has 1 aromatic carbocycles. The van der Waals surface area contributed by atoms with Crippen LogP contribution in [0.2, 0.25) is 5.02 Å². The lowest BCUT2D eigenvalue weighted by atomic mass is 9.92. The fraction of sp³-hybridized carbons (Fsp3) is 0.435. The third-order valence-electron chi connectivity index (χ3n) is 6.39. The molecule has 2 amide bonds. The first-order valence-corrected chi connectivity index (χ1v) is 13.0. The highest BCUT2D eigenvalue weighted by atomic mass is 35.5. The number of fused-ring (bicyclic) bond motifs is 1. The number of amides is 2. The van der Waals surface area contributed by atoms with E-state index in [1.807, 2.05) is 0 Å². The smallest absolute Gasteiger partial charge is 0.264 e. The number of carbonyl (C=O) groups excluding carboxylic acids is 2. The van der Waals surface area contributed by atoms with Crippen LogP contribution in [-0.4, -0.2) is 67.6 Å². The van der Waals surface area contributed by atoms with E-state index in [-0.39, 0.29) is 51.7 Å². The predicted molar refractivity (Wildman–Crippen MR) is 130 cm³/mol. The van der Waals surface area contributed by atoms with E-state index in [0.717, 1.165) is 10.7 Å². The monoisotopic (exact) mass is 522 g/mol. The van der Waals surface area contributed by atoms with Gasteiger partial charge < -0.3 is 20.1 Å². The van der Waals surface area contributed by atoms with Crippen molar-refractivity contribution in [3.63, 3.8) is 0 Å². The van der Waals surface area contributed by atoms with E-state index in [0.29, 0.717) is 18.8 Å². The number of benzene rings is 1. The normalized spacial score (nSPS) is 20.7. The standard InChI is InChI=1S/C23H27ClN4O6S/c1-14(16-6-7-27(11-16)15(2)30)22(31)26-18-9-21-23(25-10-18)34-19(13-29)12-28(21)35(32,33)20-5-3-4-17(24)8-20/h3-5,8-10,14,16,19,29H,6-7,11-13H2,1-2H3,(H,26,31)/t14-,16?,19+/m0/s1. The van der Waals surface area contributed by atoms with Gasteiger partial charge in [-0.3, -0.25) is 13.9 Å². The largest absolute Gasteiger partial charge is 0.468 e. The molecule has 3 heterocycles. The van der Waals surface area contributed by atoms with Crippen molar-refractivity contribution in [2.24, 2.45) is 11.8 Å². The molecule has 0 radical (unpaired) electrons. The number of carbonyl (C=O) groups is 2. The average molecular weight is 523 g/mol. The number of ether oxygens (including phenoxy) is 1. The SMILES string of the molecule is CC(=O)N1CCC([C@H](C)C(=O)Nc2cnc3c(c2)N(S(=O)(=O)c2cccc(Cl)c2)C[C@H](CO)O3)C1. The molecule has 10 nitrogen and oxygen atoms in total. The van der Waals surface area contributed by atoms with Crippen LogP contribution in [0.25, 0.3) is 0 Å². The molecule has 2 aliphatic rings. The van der Waals surface area contributed by atoms with Gasteiger partial charge in [0.05, 0.1) is 29.9 Å². The second-order valence-corrected chi connectivity index (χ2v) is 11.1. The molecular formula is C23H27ClN4O6S. The number of pyridine rings is 1. The molecule has 2 N–H and O–H groups in total. The minimum absolute atomic E-state index is 0.0128. The summed E-state index contributed by atoms with van der Waals surface area (Å²) in [4.78, 5) is 30.5. The Labute approximate surface area is 208 Å². The molecule has 1 aromatic heterocycles. The summed E-state index contributed by atoms with van der Waals surface area (Å²) >= 11 is 6.01. The van der Waals surface area contributed by atoms with Crippen LogP contribution < -0.4 is 14.4 Å². The first-order chi connectivity index (χ1) is 16.6. The first kappa shape index (κ1) is 25.2. The maximum absolute atomic E-state index is 13.4. The van der Waals surface area contributed by atoms with Crippen LogP contribution in [0.1, 0.15) is 20.3 Å². The Hall–Kier alpha value is -2.89. The van der Waals surface area contributed by atoms with Crippen molar-refractivity contribution < 1.29 is 27.9 Å². The Morgan fingerprint density at radius 3 is 2.74 bits per heavy atom. The van der Waals surface area contributed by atoms with Gasteiger partial charge in [0.15, 0.2) is 0 Å². The van der Waals surface area contributed by atoms with Gasteiger partial charge >= 0.3 is 0 Å². The number of sulfonamides is 1. The maximum Gasteiger partial charge on any atom is 0.264 e. The van der Waals surface area contributed by atoms with Crippen LogP contribution in [0, 0.1) is 11.8 Å². The quantitative estimate of drug-likeness (QED) is 0.594. The number of nitrogens with one attached hydrogen (secondary N) is 1. The molecular weight excluding hydrogens is 496 g/mol. The summed E-state index contributed by atoms with van der Waals surface area (Å²) in [5.41, 5.74) is 0.447. The van der Waals surface area contributed by atoms with Gasteiger partial charge in [-0.2, -0.15) is 0 Å². The van der Waals surface area contributed by atoms with Crippen molar-refractivity contribution >= 4 is 44.8 Å². The molecule has 0 aliphatic carbocycles. The lowest BCUT2D eigenvalue weighted by Crippen LogP contribution is -2.45. The van der Waals surface area contributed by atoms with E-state index in [9.17, 15) is 23.1 Å². The summed E-state index contributed by atoms with van der Waals surface area (Å²) in [7, 11) is -4.06. The highest BCUT2D eigenvalue weighted by Gasteiger charge is 2.36. The van der Waals surface area contributed by atoms with Gasteiger partial charge in [0.25, 0.3) is 10.0 Å². The first-order valence-electron chi connectivity index (χ1n) is 11.2. The molecule has 2 aromatic rings. The summed E-state index contributed by atoms with van der Waals surface area (Å²) in [6.07, 6.45) is 1.30. The second kappa shape index (κ2) is 10.00. The molecule has 12 heteroatoms. The van der Waals surface area contributed by atoms with Crippen LogP contribution >= 0.6 is 11.6 Å². The summed E-state index contributed by atoms with van der Waals surface area (Å²) in [6, 6.07) is 7.36. The fourth-order valence-corrected chi connectivity index (χ4v) is 6.07. The Bertz CT molecular complexity index is 1240. The van der Waals surface area contributed by atoms with Crippen molar-refractivity contribution in [2.75, 3.05) is 35.9 Å². The van der Waals surface area contributed by atoms with Gasteiger partial charge in [-0.05, 0) is 36.6 Å². The molecule has 188 valence electrons. The minimum Gasteiger partial charge on any atom is -0.468 e. The zero-order chi connectivity index (χ0) is 25.3. The predicted octanol–water partition coefficient (Wildman–Crippen LogP) is 2.13. The van der Waals surface area contributed by atoms with E-state index >= 15 is 0 Å². The Morgan fingerprint density at radius 1 is 1.31 bits per heavy atom. The van der Waals surface area contributed by atoms with E-state index in [1.165, 1.54) is 37.4 Å². The van der Waals surface area contributed by atoms with Crippen molar-refractivity contribution in [1.82, 2.24) is 9.88 Å². The van der Waals surface area contributed by atoms with E-state index in [1.54, 1.807) is 17.9 Å². The van der Waals surface area contributed by atoms with Crippen molar-refractivity contribution in [2.45, 2.75) is 31.3 Å². The number of aliphatic hydroxyl groups excluding tert-OH is 1. The highest BCUT2D eigenvalue weighted by molar-refractivity contribution is 7.92. The van der Waals surface area contributed by atoms with Gasteiger partial charge in [0.1, 0.15) is 11.8 Å². The van der Waals surface area contributed by atoms with Crippen LogP contribution in [0.4, 0.5) is 11.4 Å². The average Bonchev–Trinajstić information content (AvgIpc) is 3.33. The van der Waals surface area contributed by atoms with Crippen LogP contribution in [0.15, 0.2) is 41.4 Å². The van der Waals surface area contributed by atoms with Crippen LogP contribution in [0.3, 0.4) is 0 Å². The van der Waals surface area contributed by atoms with Crippen LogP contribution in [-0.2, 0) is 19.6 Å². The molecule has 35 heavy (non-hydrogen) atoms. The van der Waals surface area contributed by atoms with E-state index < -0.39 is 22.7 Å². The number of halogens is 1. The lowest BCUT2D eigenvalue weighted by Gasteiger charge is -2.34. The number of hydrogen-bond acceptors (Lipinski definition) is 7. The number of aromatic nitrogens is 1. The number of anilines is 2. The zero-order valence-corrected chi connectivity index (χ0v) is 20.9. The minimum atomic E-state index is -4.06. The highest BCUT2D eigenvalue weighted by Crippen LogP contribution is 2.37. The van der Waals surface area contributed by atoms with E-state index in [2.05, 4.69) is 10.3 Å². The molecule has 4 rings (SSSR count). The third kappa shape index (κ3) is 5.21. The molecule has 3 atom stereocenters. The number of nitrogens with zero attached hydrogens (tertiary/aromatic N) is 3. The van der Waals surface area contributed by atoms with Gasteiger partial charge in [-0.25, -0.2) is 13.4 Å². The maximum atomic E-state index is 13.4.